The molecule has 1 saturated heterocycles. The molecule has 4 nitrogen and oxygen atoms in total. The second-order valence-corrected chi connectivity index (χ2v) is 6.82. The quantitative estimate of drug-likeness (QED) is 0.762. The van der Waals surface area contributed by atoms with Crippen LogP contribution in [0.4, 0.5) is 11.4 Å². The number of pyridine rings is 1. The smallest absolute Gasteiger partial charge is 0.228 e. The zero-order valence-corrected chi connectivity index (χ0v) is 14.8. The summed E-state index contributed by atoms with van der Waals surface area (Å²) >= 11 is 0. The first-order chi connectivity index (χ1) is 12.8. The highest BCUT2D eigenvalue weighted by molar-refractivity contribution is 6.00. The minimum atomic E-state index is -0.0196. The van der Waals surface area contributed by atoms with Gasteiger partial charge in [0.05, 0.1) is 17.6 Å². The second kappa shape index (κ2) is 7.56. The van der Waals surface area contributed by atoms with Crippen LogP contribution in [0.1, 0.15) is 24.8 Å². The lowest BCUT2D eigenvalue weighted by atomic mass is 10.1. The summed E-state index contributed by atoms with van der Waals surface area (Å²) in [5.41, 5.74) is 3.87. The van der Waals surface area contributed by atoms with Crippen molar-refractivity contribution in [3.05, 3.63) is 66.4 Å². The number of nitrogens with one attached hydrogen (secondary N) is 1. The zero-order chi connectivity index (χ0) is 17.8. The van der Waals surface area contributed by atoms with Crippen molar-refractivity contribution in [2.75, 3.05) is 23.3 Å². The number of piperidine rings is 1. The topological polar surface area (TPSA) is 45.2 Å². The van der Waals surface area contributed by atoms with E-state index in [2.05, 4.69) is 39.5 Å². The van der Waals surface area contributed by atoms with Crippen molar-refractivity contribution in [3.8, 4) is 0 Å². The van der Waals surface area contributed by atoms with Crippen LogP contribution in [0.15, 0.2) is 60.8 Å². The Hall–Kier alpha value is -2.88. The number of carbonyl (C=O) groups is 1. The van der Waals surface area contributed by atoms with Gasteiger partial charge in [0.25, 0.3) is 0 Å². The van der Waals surface area contributed by atoms with Gasteiger partial charge in [0.1, 0.15) is 0 Å². The summed E-state index contributed by atoms with van der Waals surface area (Å²) in [5, 5.41) is 4.02. The zero-order valence-electron chi connectivity index (χ0n) is 14.8. The molecule has 0 aliphatic carbocycles. The molecule has 132 valence electrons. The Balaban J connectivity index is 1.43. The first-order valence-corrected chi connectivity index (χ1v) is 9.27. The molecule has 1 fully saturated rings. The van der Waals surface area contributed by atoms with Crippen LogP contribution in [-0.2, 0) is 11.2 Å². The van der Waals surface area contributed by atoms with Gasteiger partial charge in [-0.05, 0) is 49.1 Å². The van der Waals surface area contributed by atoms with Crippen LogP contribution in [0.25, 0.3) is 10.9 Å². The molecule has 0 atom stereocenters. The lowest BCUT2D eigenvalue weighted by Crippen LogP contribution is -2.29. The SMILES string of the molecule is O=C(Cc1ccc(N2CCCCC2)cc1)Nc1cccc2cccnc12. The van der Waals surface area contributed by atoms with Gasteiger partial charge in [-0.2, -0.15) is 0 Å². The molecule has 2 aromatic carbocycles. The summed E-state index contributed by atoms with van der Waals surface area (Å²) in [5.74, 6) is -0.0196. The molecule has 4 rings (SSSR count). The number of anilines is 2. The van der Waals surface area contributed by atoms with Crippen LogP contribution in [0.5, 0.6) is 0 Å². The average Bonchev–Trinajstić information content (AvgIpc) is 2.69. The molecule has 1 aliphatic rings. The molecule has 1 aromatic heterocycles. The van der Waals surface area contributed by atoms with E-state index in [1.54, 1.807) is 6.20 Å². The number of carbonyl (C=O) groups excluding carboxylic acids is 1. The highest BCUT2D eigenvalue weighted by atomic mass is 16.1. The van der Waals surface area contributed by atoms with Gasteiger partial charge in [-0.15, -0.1) is 0 Å². The maximum Gasteiger partial charge on any atom is 0.228 e. The van der Waals surface area contributed by atoms with Gasteiger partial charge in [-0.25, -0.2) is 0 Å². The highest BCUT2D eigenvalue weighted by Gasteiger charge is 2.12. The number of fused-ring (bicyclic) bond motifs is 1. The number of hydrogen-bond acceptors (Lipinski definition) is 3. The van der Waals surface area contributed by atoms with Crippen LogP contribution < -0.4 is 10.2 Å². The van der Waals surface area contributed by atoms with E-state index >= 15 is 0 Å². The van der Waals surface area contributed by atoms with Gasteiger partial charge < -0.3 is 10.2 Å². The fraction of sp³-hybridized carbons (Fsp3) is 0.273. The normalized spacial score (nSPS) is 14.4. The van der Waals surface area contributed by atoms with E-state index in [1.807, 2.05) is 30.3 Å². The number of hydrogen-bond donors (Lipinski definition) is 1. The molecule has 26 heavy (non-hydrogen) atoms. The van der Waals surface area contributed by atoms with E-state index in [4.69, 9.17) is 0 Å². The molecule has 3 aromatic rings. The van der Waals surface area contributed by atoms with Crippen LogP contribution >= 0.6 is 0 Å². The lowest BCUT2D eigenvalue weighted by molar-refractivity contribution is -0.115. The molecular weight excluding hydrogens is 322 g/mol. The molecule has 0 bridgehead atoms. The van der Waals surface area contributed by atoms with Gasteiger partial charge >= 0.3 is 0 Å². The maximum absolute atomic E-state index is 12.5. The molecule has 4 heteroatoms. The van der Waals surface area contributed by atoms with Crippen molar-refractivity contribution < 1.29 is 4.79 Å². The van der Waals surface area contributed by atoms with Crippen molar-refractivity contribution in [2.45, 2.75) is 25.7 Å². The molecular formula is C22H23N3O. The molecule has 0 spiro atoms. The van der Waals surface area contributed by atoms with Gasteiger partial charge in [0.2, 0.25) is 5.91 Å². The van der Waals surface area contributed by atoms with E-state index in [0.29, 0.717) is 6.42 Å². The summed E-state index contributed by atoms with van der Waals surface area (Å²) in [6.45, 7) is 2.27. The predicted octanol–water partition coefficient (Wildman–Crippen LogP) is 4.41. The van der Waals surface area contributed by atoms with E-state index in [9.17, 15) is 4.79 Å². The van der Waals surface area contributed by atoms with Crippen molar-refractivity contribution in [2.24, 2.45) is 0 Å². The number of amides is 1. The largest absolute Gasteiger partial charge is 0.372 e. The summed E-state index contributed by atoms with van der Waals surface area (Å²) in [6, 6.07) is 18.1. The summed E-state index contributed by atoms with van der Waals surface area (Å²) in [7, 11) is 0. The predicted molar refractivity (Wildman–Crippen MR) is 107 cm³/mol. The summed E-state index contributed by atoms with van der Waals surface area (Å²) < 4.78 is 0. The Morgan fingerprint density at radius 3 is 2.54 bits per heavy atom. The van der Waals surface area contributed by atoms with Gasteiger partial charge in [-0.1, -0.05) is 30.3 Å². The molecule has 2 heterocycles. The number of nitrogens with zero attached hydrogens (tertiary/aromatic N) is 2. The van der Waals surface area contributed by atoms with Crippen LogP contribution in [0, 0.1) is 0 Å². The molecule has 1 aliphatic heterocycles. The second-order valence-electron chi connectivity index (χ2n) is 6.82. The number of benzene rings is 2. The first kappa shape index (κ1) is 16.6. The van der Waals surface area contributed by atoms with Gasteiger partial charge in [0.15, 0.2) is 0 Å². The Bertz CT molecular complexity index is 893. The Morgan fingerprint density at radius 2 is 1.73 bits per heavy atom. The summed E-state index contributed by atoms with van der Waals surface area (Å²) in [4.78, 5) is 19.3. The lowest BCUT2D eigenvalue weighted by Gasteiger charge is -2.28. The standard InChI is InChI=1S/C22H23N3O/c26-21(24-20-8-4-6-18-7-5-13-23-22(18)20)16-17-9-11-19(12-10-17)25-14-2-1-3-15-25/h4-13H,1-3,14-16H2,(H,24,26). The monoisotopic (exact) mass is 345 g/mol. The van der Waals surface area contributed by atoms with E-state index in [1.165, 1.54) is 24.9 Å². The molecule has 0 saturated carbocycles. The first-order valence-electron chi connectivity index (χ1n) is 9.27. The third kappa shape index (κ3) is 3.69. The van der Waals surface area contributed by atoms with Gasteiger partial charge in [-0.3, -0.25) is 9.78 Å². The third-order valence-electron chi connectivity index (χ3n) is 4.93. The molecule has 1 N–H and O–H groups in total. The van der Waals surface area contributed by atoms with Crippen LogP contribution in [0.3, 0.4) is 0 Å². The van der Waals surface area contributed by atoms with Crippen molar-refractivity contribution in [3.63, 3.8) is 0 Å². The Kier molecular flexibility index (Phi) is 4.82. The number of para-hydroxylation sites is 1. The molecule has 1 amide bonds. The minimum Gasteiger partial charge on any atom is -0.372 e. The Morgan fingerprint density at radius 1 is 0.962 bits per heavy atom. The van der Waals surface area contributed by atoms with Crippen molar-refractivity contribution in [1.82, 2.24) is 4.98 Å². The van der Waals surface area contributed by atoms with E-state index in [0.717, 1.165) is 35.2 Å². The van der Waals surface area contributed by atoms with E-state index in [-0.39, 0.29) is 5.91 Å². The van der Waals surface area contributed by atoms with Crippen LogP contribution in [-0.4, -0.2) is 24.0 Å². The summed E-state index contributed by atoms with van der Waals surface area (Å²) in [6.07, 6.45) is 5.98. The Labute approximate surface area is 153 Å². The van der Waals surface area contributed by atoms with E-state index < -0.39 is 0 Å². The molecule has 0 radical (unpaired) electrons. The highest BCUT2D eigenvalue weighted by Crippen LogP contribution is 2.22. The fourth-order valence-corrected chi connectivity index (χ4v) is 3.56. The van der Waals surface area contributed by atoms with Crippen molar-refractivity contribution >= 4 is 28.2 Å². The van der Waals surface area contributed by atoms with Crippen LogP contribution in [0.2, 0.25) is 0 Å². The number of aromatic nitrogens is 1. The number of rotatable bonds is 4. The minimum absolute atomic E-state index is 0.0196. The third-order valence-corrected chi connectivity index (χ3v) is 4.93. The average molecular weight is 345 g/mol. The fourth-order valence-electron chi connectivity index (χ4n) is 3.56. The molecule has 0 unspecified atom stereocenters. The van der Waals surface area contributed by atoms with Gasteiger partial charge in [0, 0.05) is 30.4 Å². The van der Waals surface area contributed by atoms with Crippen molar-refractivity contribution in [1.29, 1.82) is 0 Å². The maximum atomic E-state index is 12.5.